The highest BCUT2D eigenvalue weighted by molar-refractivity contribution is 6.74. The van der Waals surface area contributed by atoms with Crippen molar-refractivity contribution < 1.29 is 23.5 Å². The van der Waals surface area contributed by atoms with Crippen molar-refractivity contribution in [1.82, 2.24) is 0 Å². The summed E-state index contributed by atoms with van der Waals surface area (Å²) < 4.78 is 18.9. The molecule has 0 aromatic rings. The molecule has 0 saturated carbocycles. The maximum atomic E-state index is 12.3. The lowest BCUT2D eigenvalue weighted by Gasteiger charge is -2.44. The van der Waals surface area contributed by atoms with E-state index < -0.39 is 28.8 Å². The first-order valence-electron chi connectivity index (χ1n) is 10.8. The number of carbonyl (C=O) groups is 1. The predicted octanol–water partition coefficient (Wildman–Crippen LogP) is 5.41. The quantitative estimate of drug-likeness (QED) is 0.357. The molecule has 0 unspecified atom stereocenters. The Morgan fingerprint density at radius 2 is 1.45 bits per heavy atom. The molecule has 0 saturated heterocycles. The van der Waals surface area contributed by atoms with Crippen LogP contribution in [-0.4, -0.2) is 52.1 Å². The normalized spacial score (nSPS) is 29.3. The molecule has 1 aliphatic heterocycles. The van der Waals surface area contributed by atoms with Crippen LogP contribution >= 0.6 is 0 Å². The first-order valence-corrected chi connectivity index (χ1v) is 16.6. The number of cyclic esters (lactones) is 1. The van der Waals surface area contributed by atoms with Gasteiger partial charge in [-0.2, -0.15) is 0 Å². The fourth-order valence-corrected chi connectivity index (χ4v) is 5.20. The smallest absolute Gasteiger partial charge is 0.306 e. The topological polar surface area (TPSA) is 65.0 Å². The van der Waals surface area contributed by atoms with Gasteiger partial charge in [0.05, 0.1) is 12.2 Å². The molecule has 29 heavy (non-hydrogen) atoms. The van der Waals surface area contributed by atoms with Gasteiger partial charge in [0.2, 0.25) is 0 Å². The van der Waals surface area contributed by atoms with Crippen molar-refractivity contribution in [2.45, 2.75) is 122 Å². The molecule has 0 aromatic heterocycles. The molecule has 1 N–H and O–H groups in total. The molecule has 1 heterocycles. The third-order valence-electron chi connectivity index (χ3n) is 6.78. The van der Waals surface area contributed by atoms with E-state index in [1.54, 1.807) is 13.0 Å². The van der Waals surface area contributed by atoms with Gasteiger partial charge >= 0.3 is 5.97 Å². The average Bonchev–Trinajstić information content (AvgIpc) is 2.51. The van der Waals surface area contributed by atoms with E-state index in [0.717, 1.165) is 0 Å². The van der Waals surface area contributed by atoms with Crippen molar-refractivity contribution in [3.63, 3.8) is 0 Å². The van der Waals surface area contributed by atoms with E-state index in [1.165, 1.54) is 0 Å². The highest BCUT2D eigenvalue weighted by atomic mass is 28.4. The number of aliphatic hydroxyl groups is 1. The number of rotatable bonds is 4. The summed E-state index contributed by atoms with van der Waals surface area (Å²) >= 11 is 0. The van der Waals surface area contributed by atoms with Gasteiger partial charge < -0.3 is 18.7 Å². The molecule has 0 amide bonds. The largest absolute Gasteiger partial charge is 0.460 e. The van der Waals surface area contributed by atoms with Crippen molar-refractivity contribution in [1.29, 1.82) is 0 Å². The van der Waals surface area contributed by atoms with Crippen LogP contribution in [0.5, 0.6) is 0 Å². The standard InChI is InChI=1S/C22H44O5Si2/c1-16-17(23)12-13-18(26-28(8,9)21(2,3)4)19(14-15-20(24)25-16)27-29(10,11)22(5,6)7/h12-13,16-19,23H,14-15H2,1-11H3/b13-12+/t16-,17-,18-,19+/m1/s1. The highest BCUT2D eigenvalue weighted by Crippen LogP contribution is 2.41. The van der Waals surface area contributed by atoms with Crippen LogP contribution in [0.2, 0.25) is 36.3 Å². The summed E-state index contributed by atoms with van der Waals surface area (Å²) in [7, 11) is -4.18. The van der Waals surface area contributed by atoms with Crippen LogP contribution in [0.1, 0.15) is 61.3 Å². The fourth-order valence-electron chi connectivity index (χ4n) is 2.58. The summed E-state index contributed by atoms with van der Waals surface area (Å²) in [6.45, 7) is 23.8. The Balaban J connectivity index is 3.33. The second-order valence-electron chi connectivity index (χ2n) is 11.4. The van der Waals surface area contributed by atoms with Gasteiger partial charge in [-0.05, 0) is 49.6 Å². The number of aliphatic hydroxyl groups excluding tert-OH is 1. The molecule has 170 valence electrons. The lowest BCUT2D eigenvalue weighted by Crippen LogP contribution is -2.51. The number of ether oxygens (including phenoxy) is 1. The van der Waals surface area contributed by atoms with Crippen LogP contribution in [-0.2, 0) is 18.4 Å². The molecule has 5 nitrogen and oxygen atoms in total. The third-order valence-corrected chi connectivity index (χ3v) is 15.8. The molecule has 1 aliphatic rings. The van der Waals surface area contributed by atoms with Gasteiger partial charge in [-0.15, -0.1) is 0 Å². The van der Waals surface area contributed by atoms with E-state index in [0.29, 0.717) is 6.42 Å². The van der Waals surface area contributed by atoms with E-state index in [1.807, 2.05) is 6.08 Å². The molecule has 0 bridgehead atoms. The summed E-state index contributed by atoms with van der Waals surface area (Å²) in [5.41, 5.74) is 0. The van der Waals surface area contributed by atoms with Gasteiger partial charge in [0.15, 0.2) is 16.6 Å². The maximum Gasteiger partial charge on any atom is 0.306 e. The number of esters is 1. The molecule has 0 radical (unpaired) electrons. The molecule has 4 atom stereocenters. The minimum absolute atomic E-state index is 0.0437. The average molecular weight is 445 g/mol. The highest BCUT2D eigenvalue weighted by Gasteiger charge is 2.44. The van der Waals surface area contributed by atoms with Gasteiger partial charge in [-0.1, -0.05) is 53.7 Å². The van der Waals surface area contributed by atoms with Crippen molar-refractivity contribution in [2.75, 3.05) is 0 Å². The van der Waals surface area contributed by atoms with Crippen LogP contribution in [0.4, 0.5) is 0 Å². The Kier molecular flexibility index (Phi) is 8.56. The maximum absolute atomic E-state index is 12.3. The van der Waals surface area contributed by atoms with Gasteiger partial charge in [0.1, 0.15) is 12.2 Å². The Morgan fingerprint density at radius 3 is 1.93 bits per heavy atom. The summed E-state index contributed by atoms with van der Waals surface area (Å²) in [4.78, 5) is 12.3. The summed E-state index contributed by atoms with van der Waals surface area (Å²) in [6.07, 6.45) is 2.41. The van der Waals surface area contributed by atoms with Crippen LogP contribution in [0.3, 0.4) is 0 Å². The van der Waals surface area contributed by atoms with Crippen molar-refractivity contribution in [3.05, 3.63) is 12.2 Å². The zero-order valence-electron chi connectivity index (χ0n) is 20.5. The van der Waals surface area contributed by atoms with Gasteiger partial charge in [0, 0.05) is 6.42 Å². The Labute approximate surface area is 180 Å². The molecule has 0 fully saturated rings. The van der Waals surface area contributed by atoms with Gasteiger partial charge in [0.25, 0.3) is 0 Å². The second kappa shape index (κ2) is 9.34. The number of hydrogen-bond donors (Lipinski definition) is 1. The third kappa shape index (κ3) is 7.31. The van der Waals surface area contributed by atoms with Crippen molar-refractivity contribution in [3.8, 4) is 0 Å². The minimum Gasteiger partial charge on any atom is -0.460 e. The number of hydrogen-bond acceptors (Lipinski definition) is 5. The second-order valence-corrected chi connectivity index (χ2v) is 20.9. The lowest BCUT2D eigenvalue weighted by atomic mass is 10.1. The SMILES string of the molecule is C[C@H]1OC(=O)CC[C@H](O[Si](C)(C)C(C)(C)C)[C@H](O[Si](C)(C)C(C)(C)C)/C=C/[C@H]1O. The molecular weight excluding hydrogens is 400 g/mol. The fraction of sp³-hybridized carbons (Fsp3) is 0.864. The molecular formula is C22H44O5Si2. The Hall–Kier alpha value is -0.476. The first kappa shape index (κ1) is 26.6. The van der Waals surface area contributed by atoms with Crippen LogP contribution in [0, 0.1) is 0 Å². The first-order chi connectivity index (χ1) is 12.9. The zero-order valence-corrected chi connectivity index (χ0v) is 22.5. The van der Waals surface area contributed by atoms with E-state index >= 15 is 0 Å². The Morgan fingerprint density at radius 1 is 0.966 bits per heavy atom. The summed E-state index contributed by atoms with van der Waals surface area (Å²) in [5, 5.41) is 10.5. The van der Waals surface area contributed by atoms with E-state index in [9.17, 15) is 9.90 Å². The van der Waals surface area contributed by atoms with Crippen LogP contribution in [0.25, 0.3) is 0 Å². The Bertz CT molecular complexity index is 587. The molecule has 0 spiro atoms. The lowest BCUT2D eigenvalue weighted by molar-refractivity contribution is -0.153. The zero-order chi connectivity index (χ0) is 22.8. The minimum atomic E-state index is -2.09. The van der Waals surface area contributed by atoms with Crippen LogP contribution < -0.4 is 0 Å². The van der Waals surface area contributed by atoms with Gasteiger partial charge in [-0.25, -0.2) is 0 Å². The molecule has 1 rings (SSSR count). The molecule has 0 aromatic carbocycles. The van der Waals surface area contributed by atoms with Gasteiger partial charge in [-0.3, -0.25) is 4.79 Å². The van der Waals surface area contributed by atoms with Crippen LogP contribution in [0.15, 0.2) is 12.2 Å². The van der Waals surface area contributed by atoms with E-state index in [-0.39, 0.29) is 34.7 Å². The molecule has 0 aliphatic carbocycles. The monoisotopic (exact) mass is 444 g/mol. The molecule has 7 heteroatoms. The summed E-state index contributed by atoms with van der Waals surface area (Å²) in [6, 6.07) is 0. The van der Waals surface area contributed by atoms with E-state index in [4.69, 9.17) is 13.6 Å². The van der Waals surface area contributed by atoms with Crippen molar-refractivity contribution >= 4 is 22.6 Å². The van der Waals surface area contributed by atoms with E-state index in [2.05, 4.69) is 67.7 Å². The summed E-state index contributed by atoms with van der Waals surface area (Å²) in [5.74, 6) is -0.304. The predicted molar refractivity (Wildman–Crippen MR) is 124 cm³/mol. The van der Waals surface area contributed by atoms with Crippen molar-refractivity contribution in [2.24, 2.45) is 0 Å². The number of carbonyl (C=O) groups excluding carboxylic acids is 1.